The second-order valence-corrected chi connectivity index (χ2v) is 7.32. The molecule has 23 heavy (non-hydrogen) atoms. The highest BCUT2D eigenvalue weighted by Gasteiger charge is 2.38. The van der Waals surface area contributed by atoms with Gasteiger partial charge >= 0.3 is 0 Å². The van der Waals surface area contributed by atoms with Gasteiger partial charge in [0.2, 0.25) is 0 Å². The number of Topliss-reactive ketones (excluding diaryl/α,β-unsaturated/α-hetero) is 1. The molecule has 0 radical (unpaired) electrons. The average Bonchev–Trinajstić information content (AvgIpc) is 3.21. The molecule has 6 heteroatoms. The monoisotopic (exact) mass is 325 g/mol. The normalized spacial score (nSPS) is 24.0. The number of fused-ring (bicyclic) bond motifs is 1. The van der Waals surface area contributed by atoms with E-state index < -0.39 is 0 Å². The molecular weight excluding hydrogens is 310 g/mol. The van der Waals surface area contributed by atoms with Gasteiger partial charge in [0.15, 0.2) is 5.78 Å². The van der Waals surface area contributed by atoms with E-state index in [1.165, 1.54) is 10.6 Å². The van der Waals surface area contributed by atoms with Gasteiger partial charge in [-0.25, -0.2) is 4.63 Å². The van der Waals surface area contributed by atoms with Crippen LogP contribution in [0.2, 0.25) is 0 Å². The Morgan fingerprint density at radius 1 is 1.13 bits per heavy atom. The molecule has 2 aromatic rings. The van der Waals surface area contributed by atoms with E-state index in [9.17, 15) is 4.79 Å². The van der Waals surface area contributed by atoms with Crippen LogP contribution in [0.25, 0.3) is 11.0 Å². The standard InChI is InChI=1S/C17H15N3O2S/c21-14-3-1-2-11-16(14)15(17-12(18-11)6-7-23-17)9-4-5-10-13(8-9)20-22-19-10/h4-5,8,15,18H,1-3,6-7H2. The zero-order chi connectivity index (χ0) is 15.4. The lowest BCUT2D eigenvalue weighted by Gasteiger charge is -2.33. The fourth-order valence-corrected chi connectivity index (χ4v) is 5.07. The summed E-state index contributed by atoms with van der Waals surface area (Å²) in [5, 5.41) is 11.4. The van der Waals surface area contributed by atoms with E-state index in [1.807, 2.05) is 23.9 Å². The smallest absolute Gasteiger partial charge is 0.161 e. The van der Waals surface area contributed by atoms with Crippen molar-refractivity contribution in [1.29, 1.82) is 0 Å². The van der Waals surface area contributed by atoms with Crippen LogP contribution in [0.15, 0.2) is 44.7 Å². The van der Waals surface area contributed by atoms with Gasteiger partial charge in [-0.3, -0.25) is 4.79 Å². The van der Waals surface area contributed by atoms with Crippen molar-refractivity contribution in [3.63, 3.8) is 0 Å². The van der Waals surface area contributed by atoms with E-state index in [2.05, 4.69) is 21.7 Å². The summed E-state index contributed by atoms with van der Waals surface area (Å²) >= 11 is 1.87. The molecule has 3 aliphatic rings. The number of allylic oxidation sites excluding steroid dienone is 4. The minimum Gasteiger partial charge on any atom is -0.361 e. The van der Waals surface area contributed by atoms with Crippen LogP contribution in [-0.2, 0) is 4.79 Å². The van der Waals surface area contributed by atoms with Crippen LogP contribution in [0.4, 0.5) is 0 Å². The van der Waals surface area contributed by atoms with Crippen molar-refractivity contribution < 1.29 is 9.42 Å². The third-order valence-electron chi connectivity index (χ3n) is 4.83. The van der Waals surface area contributed by atoms with Crippen LogP contribution in [0.5, 0.6) is 0 Å². The quantitative estimate of drug-likeness (QED) is 0.868. The molecule has 5 nitrogen and oxygen atoms in total. The number of benzene rings is 1. The van der Waals surface area contributed by atoms with Crippen molar-refractivity contribution in [3.8, 4) is 0 Å². The van der Waals surface area contributed by atoms with Crippen molar-refractivity contribution in [1.82, 2.24) is 15.6 Å². The highest BCUT2D eigenvalue weighted by molar-refractivity contribution is 8.03. The van der Waals surface area contributed by atoms with E-state index in [4.69, 9.17) is 4.63 Å². The number of nitrogens with one attached hydrogen (secondary N) is 1. The van der Waals surface area contributed by atoms with Gasteiger partial charge in [-0.05, 0) is 47.3 Å². The van der Waals surface area contributed by atoms with Crippen molar-refractivity contribution in [2.45, 2.75) is 31.6 Å². The molecule has 0 bridgehead atoms. The third kappa shape index (κ3) is 1.97. The highest BCUT2D eigenvalue weighted by atomic mass is 32.2. The predicted octanol–water partition coefficient (Wildman–Crippen LogP) is 3.27. The molecule has 0 saturated heterocycles. The van der Waals surface area contributed by atoms with Gasteiger partial charge in [0.25, 0.3) is 0 Å². The predicted molar refractivity (Wildman–Crippen MR) is 87.7 cm³/mol. The molecule has 5 rings (SSSR count). The van der Waals surface area contributed by atoms with Gasteiger partial charge < -0.3 is 5.32 Å². The Labute approximate surface area is 137 Å². The molecule has 3 heterocycles. The van der Waals surface area contributed by atoms with Crippen molar-refractivity contribution in [2.24, 2.45) is 0 Å². The van der Waals surface area contributed by atoms with Crippen LogP contribution < -0.4 is 5.32 Å². The van der Waals surface area contributed by atoms with E-state index in [-0.39, 0.29) is 11.7 Å². The Morgan fingerprint density at radius 3 is 3.00 bits per heavy atom. The van der Waals surface area contributed by atoms with Crippen LogP contribution in [0, 0.1) is 0 Å². The molecule has 0 fully saturated rings. The largest absolute Gasteiger partial charge is 0.361 e. The molecule has 116 valence electrons. The molecule has 0 spiro atoms. The molecule has 1 aromatic heterocycles. The number of ketones is 1. The van der Waals surface area contributed by atoms with E-state index in [1.54, 1.807) is 0 Å². The first-order chi connectivity index (χ1) is 11.3. The van der Waals surface area contributed by atoms with Crippen molar-refractivity contribution in [2.75, 3.05) is 5.75 Å². The van der Waals surface area contributed by atoms with Crippen LogP contribution in [0.1, 0.15) is 37.2 Å². The minimum absolute atomic E-state index is 0.0441. The van der Waals surface area contributed by atoms with Crippen molar-refractivity contribution >= 4 is 28.6 Å². The molecule has 1 aromatic carbocycles. The van der Waals surface area contributed by atoms with Crippen LogP contribution in [0.3, 0.4) is 0 Å². The Kier molecular flexibility index (Phi) is 2.88. The van der Waals surface area contributed by atoms with Gasteiger partial charge in [-0.15, -0.1) is 11.8 Å². The van der Waals surface area contributed by atoms with Gasteiger partial charge in [-0.1, -0.05) is 6.07 Å². The lowest BCUT2D eigenvalue weighted by atomic mass is 9.79. The number of thioether (sulfide) groups is 1. The van der Waals surface area contributed by atoms with Gasteiger partial charge in [-0.2, -0.15) is 0 Å². The Balaban J connectivity index is 1.70. The minimum atomic E-state index is 0.0441. The summed E-state index contributed by atoms with van der Waals surface area (Å²) in [5.41, 5.74) is 5.99. The van der Waals surface area contributed by atoms with Crippen LogP contribution >= 0.6 is 11.8 Å². The zero-order valence-electron chi connectivity index (χ0n) is 12.5. The number of hydrogen-bond donors (Lipinski definition) is 1. The zero-order valence-corrected chi connectivity index (χ0v) is 13.3. The first-order valence-electron chi connectivity index (χ1n) is 7.92. The molecule has 0 amide bonds. The highest BCUT2D eigenvalue weighted by Crippen LogP contribution is 2.50. The fraction of sp³-hybridized carbons (Fsp3) is 0.353. The summed E-state index contributed by atoms with van der Waals surface area (Å²) in [6.45, 7) is 0. The van der Waals surface area contributed by atoms with E-state index in [0.29, 0.717) is 6.42 Å². The molecule has 1 atom stereocenters. The maximum absolute atomic E-state index is 12.6. The van der Waals surface area contributed by atoms with Crippen molar-refractivity contribution in [3.05, 3.63) is 45.6 Å². The molecule has 1 N–H and O–H groups in total. The van der Waals surface area contributed by atoms with E-state index >= 15 is 0 Å². The Bertz CT molecular complexity index is 896. The number of hydrogen-bond acceptors (Lipinski definition) is 6. The summed E-state index contributed by atoms with van der Waals surface area (Å²) in [7, 11) is 0. The average molecular weight is 325 g/mol. The summed E-state index contributed by atoms with van der Waals surface area (Å²) in [4.78, 5) is 13.9. The first kappa shape index (κ1) is 13.4. The lowest BCUT2D eigenvalue weighted by molar-refractivity contribution is -0.116. The third-order valence-corrected chi connectivity index (χ3v) is 6.03. The number of carbonyl (C=O) groups excluding carboxylic acids is 1. The number of nitrogens with zero attached hydrogens (tertiary/aromatic N) is 2. The summed E-state index contributed by atoms with van der Waals surface area (Å²) in [6, 6.07) is 5.99. The number of carbonyl (C=O) groups is 1. The molecule has 1 unspecified atom stereocenters. The lowest BCUT2D eigenvalue weighted by Crippen LogP contribution is -2.30. The number of rotatable bonds is 1. The second-order valence-electron chi connectivity index (χ2n) is 6.18. The summed E-state index contributed by atoms with van der Waals surface area (Å²) < 4.78 is 4.81. The summed E-state index contributed by atoms with van der Waals surface area (Å²) in [5.74, 6) is 1.40. The second kappa shape index (κ2) is 4.96. The molecule has 1 aliphatic carbocycles. The molecular formula is C17H15N3O2S. The maximum atomic E-state index is 12.6. The Morgan fingerprint density at radius 2 is 2.04 bits per heavy atom. The first-order valence-corrected chi connectivity index (χ1v) is 8.91. The van der Waals surface area contributed by atoms with Gasteiger partial charge in [0.05, 0.1) is 0 Å². The van der Waals surface area contributed by atoms with Gasteiger partial charge in [0.1, 0.15) is 11.0 Å². The molecule has 2 aliphatic heterocycles. The van der Waals surface area contributed by atoms with E-state index in [0.717, 1.165) is 52.9 Å². The van der Waals surface area contributed by atoms with Crippen LogP contribution in [-0.4, -0.2) is 21.8 Å². The number of aromatic nitrogens is 2. The molecule has 0 saturated carbocycles. The fourth-order valence-electron chi connectivity index (χ4n) is 3.79. The Hall–Kier alpha value is -2.08. The summed E-state index contributed by atoms with van der Waals surface area (Å²) in [6.07, 6.45) is 3.61. The number of dihydropyridines is 1. The topological polar surface area (TPSA) is 68.0 Å². The van der Waals surface area contributed by atoms with Gasteiger partial charge in [0, 0.05) is 40.0 Å². The SMILES string of the molecule is O=C1CCCC2=C1C(c1ccc3nonc3c1)C1=C(CCS1)N2. The maximum Gasteiger partial charge on any atom is 0.161 e.